The molecule has 6 nitrogen and oxygen atoms in total. The number of guanidine groups is 1. The number of rotatable bonds is 5. The fraction of sp³-hybridized carbons (Fsp3) is 0.765. The third-order valence-electron chi connectivity index (χ3n) is 4.77. The van der Waals surface area contributed by atoms with Crippen molar-refractivity contribution in [2.45, 2.75) is 65.0 Å². The summed E-state index contributed by atoms with van der Waals surface area (Å²) in [7, 11) is 1.96. The topological polar surface area (TPSA) is 74.5 Å². The largest absolute Gasteiger partial charge is 0.388 e. The second kappa shape index (κ2) is 9.60. The van der Waals surface area contributed by atoms with Crippen LogP contribution >= 0.6 is 24.0 Å². The number of aliphatic imine (C=N–C) groups is 1. The van der Waals surface area contributed by atoms with Crippen molar-refractivity contribution < 1.29 is 5.11 Å². The third-order valence-corrected chi connectivity index (χ3v) is 4.77. The highest BCUT2D eigenvalue weighted by Crippen LogP contribution is 2.27. The Morgan fingerprint density at radius 2 is 1.92 bits per heavy atom. The summed E-state index contributed by atoms with van der Waals surface area (Å²) in [6, 6.07) is 0. The van der Waals surface area contributed by atoms with E-state index in [1.165, 1.54) is 12.0 Å². The van der Waals surface area contributed by atoms with Gasteiger partial charge in [0, 0.05) is 31.4 Å². The Morgan fingerprint density at radius 1 is 1.25 bits per heavy atom. The molecule has 2 rings (SSSR count). The van der Waals surface area contributed by atoms with Crippen LogP contribution in [-0.2, 0) is 13.6 Å². The van der Waals surface area contributed by atoms with Gasteiger partial charge in [0.15, 0.2) is 5.96 Å². The van der Waals surface area contributed by atoms with Crippen LogP contribution in [-0.4, -0.2) is 39.5 Å². The monoisotopic (exact) mass is 449 g/mol. The number of aryl methyl sites for hydroxylation is 2. The lowest BCUT2D eigenvalue weighted by molar-refractivity contribution is 0.00859. The van der Waals surface area contributed by atoms with Crippen molar-refractivity contribution in [3.63, 3.8) is 0 Å². The van der Waals surface area contributed by atoms with Crippen LogP contribution in [0.1, 0.15) is 56.0 Å². The van der Waals surface area contributed by atoms with E-state index in [9.17, 15) is 5.11 Å². The van der Waals surface area contributed by atoms with Crippen molar-refractivity contribution >= 4 is 29.9 Å². The smallest absolute Gasteiger partial charge is 0.191 e. The minimum absolute atomic E-state index is 0. The van der Waals surface area contributed by atoms with Gasteiger partial charge in [-0.1, -0.05) is 19.3 Å². The molecule has 0 unspecified atom stereocenters. The summed E-state index contributed by atoms with van der Waals surface area (Å²) in [4.78, 5) is 4.66. The van der Waals surface area contributed by atoms with E-state index in [2.05, 4.69) is 27.6 Å². The standard InChI is InChI=1S/C17H31N5O.HI/c1-5-18-16(20-12-17(23)9-7-6-8-10-17)19-11-15-13(2)21-22(4)14(15)3;/h23H,5-12H2,1-4H3,(H2,18,19,20);1H. The molecular weight excluding hydrogens is 417 g/mol. The average Bonchev–Trinajstić information content (AvgIpc) is 2.76. The molecule has 7 heteroatoms. The molecule has 0 aromatic carbocycles. The number of aromatic nitrogens is 2. The summed E-state index contributed by atoms with van der Waals surface area (Å²) in [5.41, 5.74) is 2.75. The summed E-state index contributed by atoms with van der Waals surface area (Å²) in [5.74, 6) is 0.758. The number of aliphatic hydroxyl groups is 1. The highest BCUT2D eigenvalue weighted by Gasteiger charge is 2.29. The van der Waals surface area contributed by atoms with Crippen LogP contribution in [0.15, 0.2) is 4.99 Å². The molecule has 3 N–H and O–H groups in total. The molecule has 0 atom stereocenters. The first kappa shape index (κ1) is 21.2. The normalized spacial score (nSPS) is 17.3. The van der Waals surface area contributed by atoms with Gasteiger partial charge in [0.1, 0.15) is 0 Å². The Labute approximate surface area is 162 Å². The molecular formula is C17H32IN5O. The van der Waals surface area contributed by atoms with Crippen LogP contribution in [0.2, 0.25) is 0 Å². The van der Waals surface area contributed by atoms with Gasteiger partial charge in [-0.3, -0.25) is 4.68 Å². The lowest BCUT2D eigenvalue weighted by Crippen LogP contribution is -2.48. The van der Waals surface area contributed by atoms with E-state index in [4.69, 9.17) is 0 Å². The van der Waals surface area contributed by atoms with E-state index in [0.717, 1.165) is 49.6 Å². The molecule has 24 heavy (non-hydrogen) atoms. The van der Waals surface area contributed by atoms with Gasteiger partial charge in [0.05, 0.1) is 17.8 Å². The SMILES string of the molecule is CCNC(=NCc1c(C)nn(C)c1C)NCC1(O)CCCCC1.I. The minimum Gasteiger partial charge on any atom is -0.388 e. The third kappa shape index (κ3) is 5.61. The molecule has 0 spiro atoms. The summed E-state index contributed by atoms with van der Waals surface area (Å²) >= 11 is 0. The van der Waals surface area contributed by atoms with Crippen molar-refractivity contribution in [2.24, 2.45) is 12.0 Å². The predicted octanol–water partition coefficient (Wildman–Crippen LogP) is 2.41. The highest BCUT2D eigenvalue weighted by molar-refractivity contribution is 14.0. The summed E-state index contributed by atoms with van der Waals surface area (Å²) in [6.45, 7) is 8.09. The van der Waals surface area contributed by atoms with Gasteiger partial charge in [0.25, 0.3) is 0 Å². The summed E-state index contributed by atoms with van der Waals surface area (Å²) in [6.07, 6.45) is 5.20. The van der Waals surface area contributed by atoms with Crippen LogP contribution in [0.3, 0.4) is 0 Å². The summed E-state index contributed by atoms with van der Waals surface area (Å²) < 4.78 is 1.89. The van der Waals surface area contributed by atoms with Gasteiger partial charge in [0.2, 0.25) is 0 Å². The molecule has 0 bridgehead atoms. The van der Waals surface area contributed by atoms with Crippen molar-refractivity contribution in [3.05, 3.63) is 17.0 Å². The number of hydrogen-bond acceptors (Lipinski definition) is 3. The van der Waals surface area contributed by atoms with Crippen molar-refractivity contribution in [1.82, 2.24) is 20.4 Å². The Kier molecular flexibility index (Phi) is 8.49. The molecule has 0 saturated heterocycles. The highest BCUT2D eigenvalue weighted by atomic mass is 127. The van der Waals surface area contributed by atoms with E-state index in [0.29, 0.717) is 13.1 Å². The number of hydrogen-bond donors (Lipinski definition) is 3. The zero-order valence-corrected chi connectivity index (χ0v) is 17.7. The van der Waals surface area contributed by atoms with Crippen LogP contribution in [0, 0.1) is 13.8 Å². The average molecular weight is 449 g/mol. The van der Waals surface area contributed by atoms with Crippen molar-refractivity contribution in [1.29, 1.82) is 0 Å². The first-order valence-electron chi connectivity index (χ1n) is 8.69. The maximum Gasteiger partial charge on any atom is 0.191 e. The first-order chi connectivity index (χ1) is 10.9. The predicted molar refractivity (Wildman–Crippen MR) is 109 cm³/mol. The molecule has 1 heterocycles. The number of halogens is 1. The Bertz CT molecular complexity index is 549. The van der Waals surface area contributed by atoms with Gasteiger partial charge in [-0.25, -0.2) is 4.99 Å². The lowest BCUT2D eigenvalue weighted by Gasteiger charge is -2.32. The van der Waals surface area contributed by atoms with E-state index in [1.807, 2.05) is 25.6 Å². The van der Waals surface area contributed by atoms with Gasteiger partial charge in [-0.15, -0.1) is 24.0 Å². The van der Waals surface area contributed by atoms with Gasteiger partial charge in [-0.2, -0.15) is 5.10 Å². The lowest BCUT2D eigenvalue weighted by atomic mass is 9.85. The van der Waals surface area contributed by atoms with Crippen molar-refractivity contribution in [2.75, 3.05) is 13.1 Å². The van der Waals surface area contributed by atoms with Gasteiger partial charge in [-0.05, 0) is 33.6 Å². The molecule has 1 saturated carbocycles. The van der Waals surface area contributed by atoms with Crippen LogP contribution in [0.25, 0.3) is 0 Å². The fourth-order valence-electron chi connectivity index (χ4n) is 3.18. The van der Waals surface area contributed by atoms with Crippen LogP contribution < -0.4 is 10.6 Å². The van der Waals surface area contributed by atoms with Crippen molar-refractivity contribution in [3.8, 4) is 0 Å². The molecule has 0 amide bonds. The van der Waals surface area contributed by atoms with Crippen LogP contribution in [0.5, 0.6) is 0 Å². The molecule has 1 aromatic rings. The zero-order valence-electron chi connectivity index (χ0n) is 15.4. The van der Waals surface area contributed by atoms with E-state index in [-0.39, 0.29) is 24.0 Å². The summed E-state index contributed by atoms with van der Waals surface area (Å²) in [5, 5.41) is 21.6. The van der Waals surface area contributed by atoms with Gasteiger partial charge < -0.3 is 15.7 Å². The maximum atomic E-state index is 10.6. The molecule has 1 aromatic heterocycles. The Morgan fingerprint density at radius 3 is 2.46 bits per heavy atom. The molecule has 1 fully saturated rings. The second-order valence-electron chi connectivity index (χ2n) is 6.61. The molecule has 0 radical (unpaired) electrons. The maximum absolute atomic E-state index is 10.6. The van der Waals surface area contributed by atoms with Gasteiger partial charge >= 0.3 is 0 Å². The number of nitrogens with zero attached hydrogens (tertiary/aromatic N) is 3. The Balaban J connectivity index is 0.00000288. The molecule has 1 aliphatic carbocycles. The second-order valence-corrected chi connectivity index (χ2v) is 6.61. The fourth-order valence-corrected chi connectivity index (χ4v) is 3.18. The van der Waals surface area contributed by atoms with Crippen LogP contribution in [0.4, 0.5) is 0 Å². The van der Waals surface area contributed by atoms with E-state index in [1.54, 1.807) is 0 Å². The van der Waals surface area contributed by atoms with E-state index >= 15 is 0 Å². The first-order valence-corrected chi connectivity index (χ1v) is 8.69. The molecule has 138 valence electrons. The van der Waals surface area contributed by atoms with E-state index < -0.39 is 5.60 Å². The molecule has 1 aliphatic rings. The minimum atomic E-state index is -0.589. The quantitative estimate of drug-likeness (QED) is 0.367. The Hall–Kier alpha value is -0.830. The molecule has 0 aliphatic heterocycles. The number of nitrogens with one attached hydrogen (secondary N) is 2. The zero-order chi connectivity index (χ0) is 16.9.